The molecule has 1 fully saturated rings. The molecule has 1 aromatic carbocycles. The van der Waals surface area contributed by atoms with Crippen LogP contribution >= 0.6 is 23.2 Å². The fourth-order valence-corrected chi connectivity index (χ4v) is 2.17. The average molecular weight is 308 g/mol. The number of rotatable bonds is 3. The first kappa shape index (κ1) is 13.1. The van der Waals surface area contributed by atoms with Gasteiger partial charge in [-0.15, -0.1) is 5.10 Å². The average Bonchev–Trinajstić information content (AvgIpc) is 3.17. The van der Waals surface area contributed by atoms with Crippen molar-refractivity contribution in [3.8, 4) is 11.8 Å². The van der Waals surface area contributed by atoms with Gasteiger partial charge in [0.15, 0.2) is 5.82 Å². The van der Waals surface area contributed by atoms with E-state index in [9.17, 15) is 5.26 Å². The molecule has 0 radical (unpaired) electrons. The predicted molar refractivity (Wildman–Crippen MR) is 79.4 cm³/mol. The van der Waals surface area contributed by atoms with Crippen molar-refractivity contribution in [2.75, 3.05) is 11.1 Å². The Morgan fingerprint density at radius 2 is 2.10 bits per heavy atom. The normalized spacial score (nSPS) is 14.1. The third kappa shape index (κ3) is 2.28. The molecule has 0 aliphatic heterocycles. The molecule has 1 heterocycles. The van der Waals surface area contributed by atoms with Gasteiger partial charge in [-0.25, -0.2) is 4.68 Å². The molecular formula is C13H11Cl2N5. The van der Waals surface area contributed by atoms with Crippen molar-refractivity contribution in [1.29, 1.82) is 5.26 Å². The van der Waals surface area contributed by atoms with Gasteiger partial charge in [-0.1, -0.05) is 23.2 Å². The van der Waals surface area contributed by atoms with Gasteiger partial charge in [0.2, 0.25) is 0 Å². The molecule has 1 aliphatic rings. The van der Waals surface area contributed by atoms with E-state index in [1.165, 1.54) is 4.68 Å². The molecule has 3 rings (SSSR count). The van der Waals surface area contributed by atoms with Crippen LogP contribution in [0.5, 0.6) is 0 Å². The molecule has 0 spiro atoms. The third-order valence-corrected chi connectivity index (χ3v) is 3.84. The van der Waals surface area contributed by atoms with E-state index in [1.807, 2.05) is 0 Å². The number of nitrogens with two attached hydrogens (primary N) is 1. The maximum Gasteiger partial charge on any atom is 0.168 e. The van der Waals surface area contributed by atoms with Crippen LogP contribution in [0.2, 0.25) is 10.0 Å². The Balaban J connectivity index is 2.06. The molecule has 0 bridgehead atoms. The molecule has 7 heteroatoms. The van der Waals surface area contributed by atoms with E-state index in [1.54, 1.807) is 18.2 Å². The number of hydrogen-bond donors (Lipinski definition) is 2. The van der Waals surface area contributed by atoms with Crippen molar-refractivity contribution in [1.82, 2.24) is 9.78 Å². The molecule has 102 valence electrons. The lowest BCUT2D eigenvalue weighted by Crippen LogP contribution is -2.04. The standard InChI is InChI=1S/C13H11Cl2N5/c14-10-4-3-8(5-11(10)15)20-12(17)9(6-16)13(19-20)18-7-1-2-7/h3-5,7H,1-2,17H2,(H,18,19). The second-order valence-corrected chi connectivity index (χ2v) is 5.46. The first-order valence-corrected chi connectivity index (χ1v) is 6.86. The van der Waals surface area contributed by atoms with Crippen LogP contribution in [0.1, 0.15) is 18.4 Å². The molecular weight excluding hydrogens is 297 g/mol. The van der Waals surface area contributed by atoms with Crippen molar-refractivity contribution in [2.24, 2.45) is 0 Å². The number of nitrogens with one attached hydrogen (secondary N) is 1. The van der Waals surface area contributed by atoms with Gasteiger partial charge >= 0.3 is 0 Å². The molecule has 1 aromatic heterocycles. The van der Waals surface area contributed by atoms with E-state index < -0.39 is 0 Å². The lowest BCUT2D eigenvalue weighted by Gasteiger charge is -2.05. The molecule has 1 saturated carbocycles. The Hall–Kier alpha value is -1.90. The zero-order chi connectivity index (χ0) is 14.3. The number of nitriles is 1. The van der Waals surface area contributed by atoms with Gasteiger partial charge in [0, 0.05) is 6.04 Å². The summed E-state index contributed by atoms with van der Waals surface area (Å²) in [5.41, 5.74) is 7.01. The molecule has 20 heavy (non-hydrogen) atoms. The molecule has 5 nitrogen and oxygen atoms in total. The van der Waals surface area contributed by atoms with E-state index in [2.05, 4.69) is 16.5 Å². The van der Waals surface area contributed by atoms with Crippen LogP contribution in [0, 0.1) is 11.3 Å². The number of halogens is 2. The van der Waals surface area contributed by atoms with Crippen LogP contribution < -0.4 is 11.1 Å². The Bertz CT molecular complexity index is 712. The number of hydrogen-bond acceptors (Lipinski definition) is 4. The number of aromatic nitrogens is 2. The van der Waals surface area contributed by atoms with Crippen molar-refractivity contribution in [3.05, 3.63) is 33.8 Å². The summed E-state index contributed by atoms with van der Waals surface area (Å²) in [4.78, 5) is 0. The van der Waals surface area contributed by atoms with Crippen molar-refractivity contribution >= 4 is 34.8 Å². The van der Waals surface area contributed by atoms with E-state index in [0.29, 0.717) is 33.2 Å². The summed E-state index contributed by atoms with van der Waals surface area (Å²) in [5, 5.41) is 17.6. The van der Waals surface area contributed by atoms with Crippen molar-refractivity contribution in [2.45, 2.75) is 18.9 Å². The van der Waals surface area contributed by atoms with E-state index >= 15 is 0 Å². The molecule has 0 atom stereocenters. The highest BCUT2D eigenvalue weighted by molar-refractivity contribution is 6.42. The molecule has 0 saturated heterocycles. The lowest BCUT2D eigenvalue weighted by atomic mass is 10.3. The van der Waals surface area contributed by atoms with Gasteiger partial charge in [0.05, 0.1) is 15.7 Å². The summed E-state index contributed by atoms with van der Waals surface area (Å²) < 4.78 is 1.49. The Labute approximate surface area is 125 Å². The summed E-state index contributed by atoms with van der Waals surface area (Å²) >= 11 is 11.9. The largest absolute Gasteiger partial charge is 0.382 e. The highest BCUT2D eigenvalue weighted by Gasteiger charge is 2.25. The number of benzene rings is 1. The van der Waals surface area contributed by atoms with Crippen molar-refractivity contribution in [3.63, 3.8) is 0 Å². The van der Waals surface area contributed by atoms with Gasteiger partial charge in [-0.3, -0.25) is 0 Å². The van der Waals surface area contributed by atoms with Crippen LogP contribution in [-0.2, 0) is 0 Å². The van der Waals surface area contributed by atoms with E-state index in [0.717, 1.165) is 12.8 Å². The van der Waals surface area contributed by atoms with Crippen LogP contribution in [0.25, 0.3) is 5.69 Å². The Morgan fingerprint density at radius 1 is 1.35 bits per heavy atom. The second-order valence-electron chi connectivity index (χ2n) is 4.65. The van der Waals surface area contributed by atoms with Gasteiger partial charge in [-0.05, 0) is 31.0 Å². The maximum atomic E-state index is 9.22. The van der Waals surface area contributed by atoms with Gasteiger partial charge in [-0.2, -0.15) is 5.26 Å². The van der Waals surface area contributed by atoms with E-state index in [-0.39, 0.29) is 5.82 Å². The minimum Gasteiger partial charge on any atom is -0.382 e. The smallest absolute Gasteiger partial charge is 0.168 e. The minimum atomic E-state index is 0.286. The zero-order valence-electron chi connectivity index (χ0n) is 10.4. The quantitative estimate of drug-likeness (QED) is 0.912. The fourth-order valence-electron chi connectivity index (χ4n) is 1.88. The van der Waals surface area contributed by atoms with E-state index in [4.69, 9.17) is 28.9 Å². The molecule has 1 aliphatic carbocycles. The monoisotopic (exact) mass is 307 g/mol. The molecule has 0 unspecified atom stereocenters. The number of nitrogen functional groups attached to an aromatic ring is 1. The summed E-state index contributed by atoms with van der Waals surface area (Å²) in [6, 6.07) is 7.55. The van der Waals surface area contributed by atoms with Crippen LogP contribution in [0.15, 0.2) is 18.2 Å². The first-order valence-electron chi connectivity index (χ1n) is 6.10. The van der Waals surface area contributed by atoms with Crippen molar-refractivity contribution < 1.29 is 0 Å². The fraction of sp³-hybridized carbons (Fsp3) is 0.231. The van der Waals surface area contributed by atoms with Gasteiger partial charge in [0.25, 0.3) is 0 Å². The third-order valence-electron chi connectivity index (χ3n) is 3.10. The number of nitrogens with zero attached hydrogens (tertiary/aromatic N) is 3. The zero-order valence-corrected chi connectivity index (χ0v) is 11.9. The van der Waals surface area contributed by atoms with Gasteiger partial charge in [0.1, 0.15) is 17.5 Å². The predicted octanol–water partition coefficient (Wildman–Crippen LogP) is 3.21. The maximum absolute atomic E-state index is 9.22. The molecule has 2 aromatic rings. The Morgan fingerprint density at radius 3 is 2.70 bits per heavy atom. The Kier molecular flexibility index (Phi) is 3.20. The topological polar surface area (TPSA) is 79.7 Å². The summed E-state index contributed by atoms with van der Waals surface area (Å²) in [7, 11) is 0. The highest BCUT2D eigenvalue weighted by Crippen LogP contribution is 2.31. The highest BCUT2D eigenvalue weighted by atomic mass is 35.5. The minimum absolute atomic E-state index is 0.286. The van der Waals surface area contributed by atoms with Crippen LogP contribution in [0.4, 0.5) is 11.6 Å². The first-order chi connectivity index (χ1) is 9.60. The summed E-state index contributed by atoms with van der Waals surface area (Å²) in [6.45, 7) is 0. The second kappa shape index (κ2) is 4.89. The summed E-state index contributed by atoms with van der Waals surface area (Å²) in [6.07, 6.45) is 2.18. The molecule has 3 N–H and O–H groups in total. The molecule has 0 amide bonds. The van der Waals surface area contributed by atoms with Gasteiger partial charge < -0.3 is 11.1 Å². The lowest BCUT2D eigenvalue weighted by molar-refractivity contribution is 0.887. The van der Waals surface area contributed by atoms with Crippen LogP contribution in [0.3, 0.4) is 0 Å². The van der Waals surface area contributed by atoms with Crippen LogP contribution in [-0.4, -0.2) is 15.8 Å². The number of anilines is 2. The SMILES string of the molecule is N#Cc1c(NC2CC2)nn(-c2ccc(Cl)c(Cl)c2)c1N. The summed E-state index contributed by atoms with van der Waals surface area (Å²) in [5.74, 6) is 0.799.